The summed E-state index contributed by atoms with van der Waals surface area (Å²) < 4.78 is 10.8. The zero-order valence-corrected chi connectivity index (χ0v) is 80.6. The highest BCUT2D eigenvalue weighted by Crippen LogP contribution is 2.57. The van der Waals surface area contributed by atoms with Crippen LogP contribution in [0.4, 0.5) is 34.4 Å². The molecule has 12 N–H and O–H groups in total. The largest absolute Gasteiger partial charge is 0.390 e. The Morgan fingerprint density at radius 1 is 0.351 bits per heavy atom. The second kappa shape index (κ2) is 34.2. The number of pyridine rings is 4. The number of aromatic nitrogens is 16. The molecule has 16 heterocycles. The number of aliphatic hydroxyl groups excluding tert-OH is 8. The number of aryl methyl sites for hydroxylation is 4. The summed E-state index contributed by atoms with van der Waals surface area (Å²) in [5, 5.41) is 97.3. The van der Waals surface area contributed by atoms with Crippen LogP contribution >= 0.6 is 86.9 Å². The van der Waals surface area contributed by atoms with E-state index in [0.29, 0.717) is 112 Å². The molecule has 8 aliphatic rings. The number of fused-ring (bicyclic) bond motifs is 8. The van der Waals surface area contributed by atoms with E-state index in [1.807, 2.05) is 180 Å². The molecule has 2 amide bonds. The maximum absolute atomic E-state index is 13.1. The number of benzene rings is 4. The molecular formula is C96H92Br4Cl2N22O10. The Labute approximate surface area is 809 Å². The lowest BCUT2D eigenvalue weighted by Crippen LogP contribution is -2.38. The van der Waals surface area contributed by atoms with Gasteiger partial charge in [0.15, 0.2) is 0 Å². The lowest BCUT2D eigenvalue weighted by Gasteiger charge is -2.29. The maximum atomic E-state index is 13.1. The van der Waals surface area contributed by atoms with Crippen LogP contribution in [0, 0.1) is 49.4 Å². The molecule has 24 rings (SSSR count). The number of aliphatic hydroxyl groups is 8. The van der Waals surface area contributed by atoms with Crippen LogP contribution in [-0.4, -0.2) is 219 Å². The van der Waals surface area contributed by atoms with Crippen LogP contribution in [0.5, 0.6) is 0 Å². The topological polar surface area (TPSA) is 435 Å². The van der Waals surface area contributed by atoms with E-state index in [1.165, 1.54) is 12.7 Å². The summed E-state index contributed by atoms with van der Waals surface area (Å²) in [6, 6.07) is 37.8. The highest BCUT2D eigenvalue weighted by molar-refractivity contribution is 9.11. The highest BCUT2D eigenvalue weighted by Gasteiger charge is 2.62. The smallest absolute Gasteiger partial charge is 0.227 e. The second-order valence-electron chi connectivity index (χ2n) is 37.4. The Balaban J connectivity index is 0.000000107. The molecule has 4 saturated carbocycles. The monoisotopic (exact) mass is 2100 g/mol. The van der Waals surface area contributed by atoms with Crippen molar-refractivity contribution in [2.45, 2.75) is 152 Å². The molecule has 4 aliphatic heterocycles. The summed E-state index contributed by atoms with van der Waals surface area (Å²) in [5.41, 5.74) is 22.7. The zero-order chi connectivity index (χ0) is 93.4. The predicted octanol–water partition coefficient (Wildman–Crippen LogP) is 14.0. The van der Waals surface area contributed by atoms with Crippen molar-refractivity contribution in [1.29, 1.82) is 0 Å². The van der Waals surface area contributed by atoms with Crippen LogP contribution in [0.3, 0.4) is 0 Å². The van der Waals surface area contributed by atoms with Crippen molar-refractivity contribution in [3.8, 4) is 0 Å². The van der Waals surface area contributed by atoms with E-state index >= 15 is 0 Å². The highest BCUT2D eigenvalue weighted by atomic mass is 79.9. The Bertz CT molecular complexity index is 7030. The number of hydrogen-bond acceptors (Lipinski definition) is 26. The lowest BCUT2D eigenvalue weighted by atomic mass is 9.82. The first-order valence-corrected chi connectivity index (χ1v) is 48.1. The van der Waals surface area contributed by atoms with E-state index in [4.69, 9.17) is 34.7 Å². The van der Waals surface area contributed by atoms with Crippen LogP contribution in [0.2, 0.25) is 10.3 Å². The number of nitrogens with two attached hydrogens (primary N) is 2. The van der Waals surface area contributed by atoms with Gasteiger partial charge < -0.3 is 90.2 Å². The molecule has 0 radical (unpaired) electrons. The van der Waals surface area contributed by atoms with E-state index in [0.717, 1.165) is 139 Å². The summed E-state index contributed by atoms with van der Waals surface area (Å²) in [4.78, 5) is 86.7. The number of hydrogen-bond donors (Lipinski definition) is 10. The minimum absolute atomic E-state index is 0.0909. The number of rotatable bonds is 8. The van der Waals surface area contributed by atoms with Gasteiger partial charge in [0, 0.05) is 164 Å². The van der Waals surface area contributed by atoms with Gasteiger partial charge in [-0.2, -0.15) is 0 Å². The third-order valence-electron chi connectivity index (χ3n) is 29.8. The summed E-state index contributed by atoms with van der Waals surface area (Å²) in [5.74, 6) is 0.661. The molecular weight excluding hydrogens is 2010 g/mol. The fraction of sp³-hybridized carbons (Fsp3) is 0.354. The number of nitrogen functional groups attached to an aromatic ring is 2. The quantitative estimate of drug-likeness (QED) is 0.0632. The molecule has 8 fully saturated rings. The normalized spacial score (nSPS) is 27.2. The van der Waals surface area contributed by atoms with Crippen molar-refractivity contribution in [2.24, 2.45) is 21.7 Å². The van der Waals surface area contributed by atoms with Gasteiger partial charge in [0.05, 0.1) is 111 Å². The molecule has 4 spiro atoms. The number of carbonyl (C=O) groups is 2. The summed E-state index contributed by atoms with van der Waals surface area (Å²) >= 11 is 26.0. The second-order valence-corrected chi connectivity index (χ2v) is 41.5. The Morgan fingerprint density at radius 3 is 0.948 bits per heavy atom. The van der Waals surface area contributed by atoms with Gasteiger partial charge in [-0.25, -0.2) is 59.8 Å². The third-order valence-corrected chi connectivity index (χ3v) is 33.3. The fourth-order valence-corrected chi connectivity index (χ4v) is 24.2. The molecule has 688 valence electrons. The minimum atomic E-state index is -1.05. The molecule has 4 aliphatic carbocycles. The van der Waals surface area contributed by atoms with Crippen molar-refractivity contribution in [3.63, 3.8) is 0 Å². The van der Waals surface area contributed by atoms with Crippen LogP contribution in [0.1, 0.15) is 98.3 Å². The molecule has 12 aromatic heterocycles. The number of halogens is 6. The van der Waals surface area contributed by atoms with Crippen LogP contribution < -0.4 is 31.1 Å². The average molecular weight is 2100 g/mol. The Hall–Kier alpha value is -10.7. The van der Waals surface area contributed by atoms with Gasteiger partial charge in [-0.05, 0) is 227 Å². The number of anilines is 6. The van der Waals surface area contributed by atoms with Gasteiger partial charge >= 0.3 is 0 Å². The average Bonchev–Trinajstić information content (AvgIpc) is 1.59. The predicted molar refractivity (Wildman–Crippen MR) is 526 cm³/mol. The first-order chi connectivity index (χ1) is 64.3. The molecule has 4 saturated heterocycles. The van der Waals surface area contributed by atoms with Gasteiger partial charge in [0.1, 0.15) is 94.3 Å². The molecule has 134 heavy (non-hydrogen) atoms. The Morgan fingerprint density at radius 2 is 0.627 bits per heavy atom. The van der Waals surface area contributed by atoms with Crippen LogP contribution in [0.15, 0.2) is 189 Å². The standard InChI is InChI=1S/C24H21BrClN5O3.C24H23BrClN5O2.C24H23BrN6O3.C24H25BrN6O2/c1-12-15-4-5-30(23(15)28-11-27-12)18-8-24(21(34)20(18)33)9-19(32)31(10-24)14-3-2-13-6-16(25)22(26)29-17(13)7-14;1-13-16-4-6-31(23(16)28-12-27-13)19-10-24(21(33)20(19)32)5-7-30(11-24)15-3-2-14-8-17(25)22(26)29-18(14)9-15;1-12-15-4-5-30(23(15)28-11-27-12)18-8-24(21(34)20(18)33)9-19(32)31(10-24)14-3-2-13-6-16(25)22(26)29-17(13)7-14;1-13-16-4-6-31(23(16)28-12-27-13)19-10-24(21(33)20(19)32)5-7-30(11-24)15-3-2-14-8-17(25)22(26)29-18(14)9-15/h2-7,11,18,20-21,33-34H,8-10H2,1H3;2-4,6,8-9,12,19-21,32-33H,5,7,10-11H2,1H3;2-7,11,18,20-21,33-34H,8-10H2,1H3,(H2,26,29);2-4,6,8-9,12,19-21,32-33H,5,7,10-11H2,1H3,(H2,26,29)/t18-,20+,21+,24+;19-,20+,21+,24-;18-,20+,21+,24+;19-,20+,21+,24-/m1111/s1. The molecule has 38 heteroatoms. The first kappa shape index (κ1) is 89.8. The van der Waals surface area contributed by atoms with Crippen LogP contribution in [0.25, 0.3) is 87.7 Å². The minimum Gasteiger partial charge on any atom is -0.390 e. The van der Waals surface area contributed by atoms with Crippen molar-refractivity contribution < 1.29 is 50.4 Å². The van der Waals surface area contributed by atoms with Crippen molar-refractivity contribution in [2.75, 3.05) is 70.3 Å². The van der Waals surface area contributed by atoms with Crippen molar-refractivity contribution in [1.82, 2.24) is 78.1 Å². The summed E-state index contributed by atoms with van der Waals surface area (Å²) in [7, 11) is 0. The molecule has 0 bridgehead atoms. The number of nitrogens with zero attached hydrogens (tertiary/aromatic N) is 20. The molecule has 32 nitrogen and oxygen atoms in total. The van der Waals surface area contributed by atoms with Gasteiger partial charge in [0.2, 0.25) is 11.8 Å². The van der Waals surface area contributed by atoms with Gasteiger partial charge in [-0.15, -0.1) is 0 Å². The van der Waals surface area contributed by atoms with Crippen LogP contribution in [-0.2, 0) is 9.59 Å². The maximum Gasteiger partial charge on any atom is 0.227 e. The molecule has 16 atom stereocenters. The molecule has 4 aromatic carbocycles. The van der Waals surface area contributed by atoms with E-state index in [-0.39, 0.29) is 47.6 Å². The van der Waals surface area contributed by atoms with Gasteiger partial charge in [0.25, 0.3) is 0 Å². The van der Waals surface area contributed by atoms with Gasteiger partial charge in [-0.3, -0.25) is 9.59 Å². The first-order valence-electron chi connectivity index (χ1n) is 44.2. The fourth-order valence-electron chi connectivity index (χ4n) is 22.6. The zero-order valence-electron chi connectivity index (χ0n) is 72.8. The van der Waals surface area contributed by atoms with Crippen molar-refractivity contribution >= 4 is 221 Å². The van der Waals surface area contributed by atoms with Gasteiger partial charge in [-0.1, -0.05) is 47.5 Å². The Kier molecular flexibility index (Phi) is 23.0. The van der Waals surface area contributed by atoms with E-state index in [9.17, 15) is 50.4 Å². The number of carbonyl (C=O) groups excluding carboxylic acids is 2. The van der Waals surface area contributed by atoms with Crippen molar-refractivity contribution in [3.05, 3.63) is 222 Å². The summed E-state index contributed by atoms with van der Waals surface area (Å²) in [6.45, 7) is 11.3. The van der Waals surface area contributed by atoms with E-state index in [1.54, 1.807) is 22.5 Å². The molecule has 16 aromatic rings. The SMILES string of the molecule is Cc1ncnc2c1ccn2[C@@H]1C[C@@]2(CC(=O)N(c3ccc4cc(Br)c(Cl)nc4c3)C2)[C@@H](O)[C@H]1O.Cc1ncnc2c1ccn2[C@@H]1C[C@@]2(CC(=O)N(c3ccc4cc(Br)c(N)nc4c3)C2)[C@@H](O)[C@H]1O.Cc1ncnc2c1ccn2[C@@H]1C[C@@]2(CCN(c3ccc4cc(Br)c(Cl)nc4c3)C2)[C@@H](O)[C@H]1O.Cc1ncnc2c1ccn2[C@@H]1C[C@@]2(CCN(c3ccc4cc(Br)c(N)nc4c3)C2)[C@@H](O)[C@H]1O. The summed E-state index contributed by atoms with van der Waals surface area (Å²) in [6.07, 6.45) is 10.5. The molecule has 0 unspecified atom stereocenters. The third kappa shape index (κ3) is 15.3. The number of amides is 2. The lowest BCUT2D eigenvalue weighted by molar-refractivity contribution is -0.119. The van der Waals surface area contributed by atoms with E-state index < -0.39 is 71.7 Å². The van der Waals surface area contributed by atoms with E-state index in [2.05, 4.69) is 145 Å².